The molecule has 1 saturated carbocycles. The predicted octanol–water partition coefficient (Wildman–Crippen LogP) is 3.24. The van der Waals surface area contributed by atoms with Crippen molar-refractivity contribution in [1.29, 1.82) is 0 Å². The highest BCUT2D eigenvalue weighted by molar-refractivity contribution is 6.30. The number of benzene rings is 1. The molecule has 0 radical (unpaired) electrons. The van der Waals surface area contributed by atoms with E-state index in [0.29, 0.717) is 6.04 Å². The van der Waals surface area contributed by atoms with E-state index >= 15 is 0 Å². The molecule has 1 aliphatic carbocycles. The Balaban J connectivity index is 0.00000112. The van der Waals surface area contributed by atoms with Crippen LogP contribution in [0.4, 0.5) is 0 Å². The van der Waals surface area contributed by atoms with Crippen LogP contribution in [-0.2, 0) is 0 Å². The number of ether oxygens (including phenoxy) is 1. The van der Waals surface area contributed by atoms with Crippen LogP contribution in [0.15, 0.2) is 24.3 Å². The first-order valence-corrected chi connectivity index (χ1v) is 5.30. The number of nitrogens with one attached hydrogen (secondary N) is 1. The van der Waals surface area contributed by atoms with Crippen molar-refractivity contribution in [2.75, 3.05) is 0 Å². The van der Waals surface area contributed by atoms with Gasteiger partial charge in [-0.3, -0.25) is 5.32 Å². The summed E-state index contributed by atoms with van der Waals surface area (Å²) in [5.74, 6) is 0.857. The third kappa shape index (κ3) is 4.29. The first-order chi connectivity index (χ1) is 6.74. The molecule has 1 atom stereocenters. The summed E-state index contributed by atoms with van der Waals surface area (Å²) < 4.78 is 5.65. The molecule has 1 unspecified atom stereocenters. The second-order valence-electron chi connectivity index (χ2n) is 3.65. The summed E-state index contributed by atoms with van der Waals surface area (Å²) in [6.45, 7) is 2.02. The number of rotatable bonds is 4. The Morgan fingerprint density at radius 1 is 1.33 bits per heavy atom. The van der Waals surface area contributed by atoms with Crippen molar-refractivity contribution in [2.45, 2.75) is 32.0 Å². The highest BCUT2D eigenvalue weighted by Crippen LogP contribution is 2.21. The minimum absolute atomic E-state index is 0. The highest BCUT2D eigenvalue weighted by atomic mass is 35.5. The van der Waals surface area contributed by atoms with Crippen LogP contribution in [0, 0.1) is 0 Å². The maximum absolute atomic E-state index is 5.77. The third-order valence-electron chi connectivity index (χ3n) is 2.17. The standard InChI is InChI=1S/C11H14ClNO.ClH/c1-8(13-10-4-5-10)14-11-6-2-9(12)3-7-11;/h2-3,6-8,10,13H,4-5H2,1H3;1H. The maximum Gasteiger partial charge on any atom is 0.147 e. The van der Waals surface area contributed by atoms with E-state index in [-0.39, 0.29) is 18.6 Å². The largest absolute Gasteiger partial charge is 0.476 e. The second-order valence-corrected chi connectivity index (χ2v) is 4.09. The van der Waals surface area contributed by atoms with Crippen LogP contribution in [0.5, 0.6) is 5.75 Å². The molecule has 0 aliphatic heterocycles. The van der Waals surface area contributed by atoms with Gasteiger partial charge in [-0.1, -0.05) is 11.6 Å². The molecule has 1 fully saturated rings. The lowest BCUT2D eigenvalue weighted by atomic mass is 10.3. The molecule has 2 rings (SSSR count). The van der Waals surface area contributed by atoms with Crippen molar-refractivity contribution in [1.82, 2.24) is 5.32 Å². The Bertz CT molecular complexity index is 298. The zero-order valence-corrected chi connectivity index (χ0v) is 10.1. The first kappa shape index (κ1) is 12.6. The zero-order chi connectivity index (χ0) is 9.97. The molecule has 0 aromatic heterocycles. The lowest BCUT2D eigenvalue weighted by molar-refractivity contribution is 0.181. The minimum atomic E-state index is 0. The van der Waals surface area contributed by atoms with Gasteiger partial charge in [-0.15, -0.1) is 12.4 Å². The van der Waals surface area contributed by atoms with Crippen LogP contribution in [0.2, 0.25) is 5.02 Å². The summed E-state index contributed by atoms with van der Waals surface area (Å²) in [5, 5.41) is 4.10. The Hall–Kier alpha value is -0.440. The average molecular weight is 248 g/mol. The van der Waals surface area contributed by atoms with Gasteiger partial charge in [0.25, 0.3) is 0 Å². The van der Waals surface area contributed by atoms with Gasteiger partial charge in [0, 0.05) is 11.1 Å². The average Bonchev–Trinajstić information content (AvgIpc) is 2.93. The molecule has 0 saturated heterocycles. The Morgan fingerprint density at radius 3 is 2.47 bits per heavy atom. The van der Waals surface area contributed by atoms with Crippen molar-refractivity contribution in [3.8, 4) is 5.75 Å². The minimum Gasteiger partial charge on any atom is -0.476 e. The van der Waals surface area contributed by atoms with Crippen molar-refractivity contribution < 1.29 is 4.74 Å². The van der Waals surface area contributed by atoms with Crippen molar-refractivity contribution in [2.24, 2.45) is 0 Å². The van der Waals surface area contributed by atoms with Gasteiger partial charge in [0.15, 0.2) is 0 Å². The fourth-order valence-corrected chi connectivity index (χ4v) is 1.46. The summed E-state index contributed by atoms with van der Waals surface area (Å²) >= 11 is 5.77. The summed E-state index contributed by atoms with van der Waals surface area (Å²) in [6, 6.07) is 8.10. The molecule has 0 amide bonds. The monoisotopic (exact) mass is 247 g/mol. The SMILES string of the molecule is CC(NC1CC1)Oc1ccc(Cl)cc1.Cl. The fraction of sp³-hybridized carbons (Fsp3) is 0.455. The van der Waals surface area contributed by atoms with E-state index in [0.717, 1.165) is 10.8 Å². The number of hydrogen-bond acceptors (Lipinski definition) is 2. The van der Waals surface area contributed by atoms with E-state index < -0.39 is 0 Å². The summed E-state index contributed by atoms with van der Waals surface area (Å²) in [4.78, 5) is 0. The van der Waals surface area contributed by atoms with Gasteiger partial charge in [0.05, 0.1) is 0 Å². The molecule has 0 spiro atoms. The van der Waals surface area contributed by atoms with Gasteiger partial charge in [0.2, 0.25) is 0 Å². The molecular weight excluding hydrogens is 233 g/mol. The summed E-state index contributed by atoms with van der Waals surface area (Å²) in [6.07, 6.45) is 2.62. The van der Waals surface area contributed by atoms with Gasteiger partial charge in [-0.25, -0.2) is 0 Å². The molecule has 0 bridgehead atoms. The van der Waals surface area contributed by atoms with Crippen molar-refractivity contribution >= 4 is 24.0 Å². The lowest BCUT2D eigenvalue weighted by Crippen LogP contribution is -2.33. The molecule has 1 aromatic carbocycles. The molecule has 15 heavy (non-hydrogen) atoms. The van der Waals surface area contributed by atoms with Crippen LogP contribution >= 0.6 is 24.0 Å². The van der Waals surface area contributed by atoms with E-state index in [1.165, 1.54) is 12.8 Å². The smallest absolute Gasteiger partial charge is 0.147 e. The van der Waals surface area contributed by atoms with Crippen LogP contribution in [-0.4, -0.2) is 12.3 Å². The van der Waals surface area contributed by atoms with E-state index in [9.17, 15) is 0 Å². The van der Waals surface area contributed by atoms with Gasteiger partial charge in [0.1, 0.15) is 12.0 Å². The first-order valence-electron chi connectivity index (χ1n) is 4.92. The van der Waals surface area contributed by atoms with E-state index in [2.05, 4.69) is 5.32 Å². The Morgan fingerprint density at radius 2 is 1.93 bits per heavy atom. The van der Waals surface area contributed by atoms with E-state index in [4.69, 9.17) is 16.3 Å². The molecule has 0 heterocycles. The highest BCUT2D eigenvalue weighted by Gasteiger charge is 2.23. The van der Waals surface area contributed by atoms with E-state index in [1.54, 1.807) is 0 Å². The third-order valence-corrected chi connectivity index (χ3v) is 2.43. The van der Waals surface area contributed by atoms with E-state index in [1.807, 2.05) is 31.2 Å². The molecule has 2 nitrogen and oxygen atoms in total. The Labute approximate surface area is 101 Å². The predicted molar refractivity (Wildman–Crippen MR) is 64.9 cm³/mol. The topological polar surface area (TPSA) is 21.3 Å². The molecule has 1 aromatic rings. The van der Waals surface area contributed by atoms with Crippen LogP contribution < -0.4 is 10.1 Å². The number of halogens is 2. The van der Waals surface area contributed by atoms with Crippen LogP contribution in [0.25, 0.3) is 0 Å². The molecule has 4 heteroatoms. The fourth-order valence-electron chi connectivity index (χ4n) is 1.33. The zero-order valence-electron chi connectivity index (χ0n) is 8.57. The lowest BCUT2D eigenvalue weighted by Gasteiger charge is -2.15. The molecule has 1 N–H and O–H groups in total. The maximum atomic E-state index is 5.77. The normalized spacial score (nSPS) is 16.7. The van der Waals surface area contributed by atoms with Crippen molar-refractivity contribution in [3.63, 3.8) is 0 Å². The number of hydrogen-bond donors (Lipinski definition) is 1. The Kier molecular flexibility index (Phi) is 4.71. The van der Waals surface area contributed by atoms with Gasteiger partial charge in [-0.2, -0.15) is 0 Å². The van der Waals surface area contributed by atoms with Crippen LogP contribution in [0.1, 0.15) is 19.8 Å². The molecule has 1 aliphatic rings. The quantitative estimate of drug-likeness (QED) is 0.826. The summed E-state index contributed by atoms with van der Waals surface area (Å²) in [5.41, 5.74) is 0. The van der Waals surface area contributed by atoms with Crippen molar-refractivity contribution in [3.05, 3.63) is 29.3 Å². The molecular formula is C11H15Cl2NO. The van der Waals surface area contributed by atoms with Gasteiger partial charge < -0.3 is 4.74 Å². The van der Waals surface area contributed by atoms with Gasteiger partial charge >= 0.3 is 0 Å². The van der Waals surface area contributed by atoms with Gasteiger partial charge in [-0.05, 0) is 44.0 Å². The molecule has 84 valence electrons. The van der Waals surface area contributed by atoms with Crippen LogP contribution in [0.3, 0.4) is 0 Å². The summed E-state index contributed by atoms with van der Waals surface area (Å²) in [7, 11) is 0. The second kappa shape index (κ2) is 5.59.